The van der Waals surface area contributed by atoms with Crippen molar-refractivity contribution in [3.63, 3.8) is 0 Å². The first-order valence-electron chi connectivity index (χ1n) is 10.2. The Labute approximate surface area is 191 Å². The van der Waals surface area contributed by atoms with Crippen LogP contribution in [0.15, 0.2) is 71.9 Å². The van der Waals surface area contributed by atoms with Crippen LogP contribution in [0, 0.1) is 13.8 Å². The van der Waals surface area contributed by atoms with Crippen molar-refractivity contribution in [1.82, 2.24) is 0 Å². The van der Waals surface area contributed by atoms with Crippen molar-refractivity contribution in [1.29, 1.82) is 0 Å². The quantitative estimate of drug-likeness (QED) is 0.224. The molecule has 3 aromatic carbocycles. The van der Waals surface area contributed by atoms with Gasteiger partial charge in [-0.25, -0.2) is 4.79 Å². The Morgan fingerprint density at radius 3 is 2.33 bits per heavy atom. The van der Waals surface area contributed by atoms with Crippen LogP contribution in [0.3, 0.4) is 0 Å². The fourth-order valence-corrected chi connectivity index (χ4v) is 2.98. The molecule has 170 valence electrons. The third kappa shape index (κ3) is 6.83. The number of benzene rings is 3. The van der Waals surface area contributed by atoms with E-state index >= 15 is 0 Å². The van der Waals surface area contributed by atoms with Crippen molar-refractivity contribution < 1.29 is 23.9 Å². The molecule has 1 amide bonds. The minimum Gasteiger partial charge on any atom is -0.489 e. The number of oxime groups is 1. The fraction of sp³-hybridized carbons (Fsp3) is 0.160. The van der Waals surface area contributed by atoms with Crippen molar-refractivity contribution in [2.24, 2.45) is 16.6 Å². The number of nitrogens with zero attached hydrogens (tertiary/aromatic N) is 1. The zero-order valence-electron chi connectivity index (χ0n) is 18.4. The fourth-order valence-electron chi connectivity index (χ4n) is 2.98. The number of hydrogen-bond donors (Lipinski definition) is 2. The summed E-state index contributed by atoms with van der Waals surface area (Å²) in [5.41, 5.74) is 14.8. The van der Waals surface area contributed by atoms with Gasteiger partial charge in [0.25, 0.3) is 5.91 Å². The topological polar surface area (TPSA) is 126 Å². The van der Waals surface area contributed by atoms with Gasteiger partial charge in [0.05, 0.1) is 5.56 Å². The molecule has 0 atom stereocenters. The second-order valence-corrected chi connectivity index (χ2v) is 7.39. The van der Waals surface area contributed by atoms with E-state index in [2.05, 4.69) is 5.16 Å². The first-order chi connectivity index (χ1) is 15.8. The number of ether oxygens (including phenoxy) is 2. The third-order valence-corrected chi connectivity index (χ3v) is 4.65. The van der Waals surface area contributed by atoms with Gasteiger partial charge in [-0.3, -0.25) is 4.79 Å². The lowest BCUT2D eigenvalue weighted by Gasteiger charge is -2.10. The number of aryl methyl sites for hydroxylation is 2. The Morgan fingerprint density at radius 2 is 1.64 bits per heavy atom. The number of amidine groups is 1. The van der Waals surface area contributed by atoms with Gasteiger partial charge < -0.3 is 25.8 Å². The highest BCUT2D eigenvalue weighted by atomic mass is 16.7. The molecule has 0 saturated carbocycles. The van der Waals surface area contributed by atoms with Crippen LogP contribution < -0.4 is 20.9 Å². The molecular weight excluding hydrogens is 422 g/mol. The van der Waals surface area contributed by atoms with Crippen molar-refractivity contribution in [3.05, 3.63) is 94.5 Å². The predicted octanol–water partition coefficient (Wildman–Crippen LogP) is 3.22. The first kappa shape index (κ1) is 23.3. The molecule has 0 spiro atoms. The molecule has 33 heavy (non-hydrogen) atoms. The van der Waals surface area contributed by atoms with Crippen LogP contribution in [-0.2, 0) is 16.2 Å². The van der Waals surface area contributed by atoms with E-state index in [0.717, 1.165) is 22.4 Å². The molecule has 0 aliphatic heterocycles. The van der Waals surface area contributed by atoms with Crippen molar-refractivity contribution in [2.45, 2.75) is 20.5 Å². The lowest BCUT2D eigenvalue weighted by atomic mass is 10.1. The SMILES string of the molecule is Cc1ccc(OCc2cccc(C(=O)O/N=C(\N)c3ccc(OCC(N)=O)cc3)c2)c(C)c1. The van der Waals surface area contributed by atoms with Crippen LogP contribution in [-0.4, -0.2) is 24.3 Å². The third-order valence-electron chi connectivity index (χ3n) is 4.65. The lowest BCUT2D eigenvalue weighted by molar-refractivity contribution is -0.119. The minimum atomic E-state index is -0.646. The van der Waals surface area contributed by atoms with E-state index in [1.807, 2.05) is 38.1 Å². The van der Waals surface area contributed by atoms with E-state index in [1.165, 1.54) is 0 Å². The molecule has 0 heterocycles. The molecule has 0 aliphatic carbocycles. The van der Waals surface area contributed by atoms with Crippen molar-refractivity contribution in [3.8, 4) is 11.5 Å². The number of amides is 1. The average Bonchev–Trinajstić information content (AvgIpc) is 2.81. The second kappa shape index (κ2) is 10.8. The maximum absolute atomic E-state index is 12.4. The Kier molecular flexibility index (Phi) is 7.64. The van der Waals surface area contributed by atoms with Gasteiger partial charge in [-0.2, -0.15) is 0 Å². The van der Waals surface area contributed by atoms with Gasteiger partial charge in [0, 0.05) is 5.56 Å². The minimum absolute atomic E-state index is 0.0131. The van der Waals surface area contributed by atoms with Gasteiger partial charge in [0.2, 0.25) is 0 Å². The molecule has 8 heteroatoms. The molecule has 0 fully saturated rings. The largest absolute Gasteiger partial charge is 0.489 e. The summed E-state index contributed by atoms with van der Waals surface area (Å²) in [6, 6.07) is 19.3. The molecule has 3 aromatic rings. The van der Waals surface area contributed by atoms with Gasteiger partial charge in [0.15, 0.2) is 12.4 Å². The molecule has 0 radical (unpaired) electrons. The van der Waals surface area contributed by atoms with Crippen LogP contribution in [0.1, 0.15) is 32.6 Å². The molecular formula is C25H25N3O5. The number of rotatable bonds is 9. The number of carbonyl (C=O) groups is 2. The van der Waals surface area contributed by atoms with Gasteiger partial charge >= 0.3 is 5.97 Å². The normalized spacial score (nSPS) is 11.0. The Balaban J connectivity index is 1.59. The monoisotopic (exact) mass is 447 g/mol. The van der Waals surface area contributed by atoms with Gasteiger partial charge in [0.1, 0.15) is 18.1 Å². The number of hydrogen-bond acceptors (Lipinski definition) is 6. The maximum Gasteiger partial charge on any atom is 0.365 e. The molecule has 0 unspecified atom stereocenters. The van der Waals surface area contributed by atoms with Gasteiger partial charge in [-0.05, 0) is 67.4 Å². The summed E-state index contributed by atoms with van der Waals surface area (Å²) >= 11 is 0. The molecule has 0 aliphatic rings. The summed E-state index contributed by atoms with van der Waals surface area (Å²) in [4.78, 5) is 28.2. The summed E-state index contributed by atoms with van der Waals surface area (Å²) in [5.74, 6) is 0.0269. The highest BCUT2D eigenvalue weighted by Gasteiger charge is 2.10. The van der Waals surface area contributed by atoms with E-state index in [4.69, 9.17) is 25.8 Å². The van der Waals surface area contributed by atoms with Gasteiger partial charge in [-0.1, -0.05) is 35.0 Å². The van der Waals surface area contributed by atoms with Crippen LogP contribution >= 0.6 is 0 Å². The zero-order chi connectivity index (χ0) is 23.8. The zero-order valence-corrected chi connectivity index (χ0v) is 18.4. The molecule has 0 aromatic heterocycles. The Bertz CT molecular complexity index is 1170. The summed E-state index contributed by atoms with van der Waals surface area (Å²) in [5, 5.41) is 3.72. The van der Waals surface area contributed by atoms with Crippen LogP contribution in [0.5, 0.6) is 11.5 Å². The number of carbonyl (C=O) groups excluding carboxylic acids is 2. The molecule has 0 saturated heterocycles. The predicted molar refractivity (Wildman–Crippen MR) is 124 cm³/mol. The first-order valence-corrected chi connectivity index (χ1v) is 10.2. The molecule has 4 N–H and O–H groups in total. The summed E-state index contributed by atoms with van der Waals surface area (Å²) in [7, 11) is 0. The smallest absolute Gasteiger partial charge is 0.365 e. The molecule has 0 bridgehead atoms. The summed E-state index contributed by atoms with van der Waals surface area (Å²) in [6.45, 7) is 4.09. The standard InChI is InChI=1S/C25H25N3O5/c1-16-6-11-22(17(2)12-16)32-14-18-4-3-5-20(13-18)25(30)33-28-24(27)19-7-9-21(10-8-19)31-15-23(26)29/h3-13H,14-15H2,1-2H3,(H2,26,29)(H2,27,28). The average molecular weight is 447 g/mol. The summed E-state index contributed by atoms with van der Waals surface area (Å²) < 4.78 is 11.1. The Morgan fingerprint density at radius 1 is 0.879 bits per heavy atom. The number of nitrogens with two attached hydrogens (primary N) is 2. The molecule has 3 rings (SSSR count). The van der Waals surface area contributed by atoms with E-state index in [-0.39, 0.29) is 12.4 Å². The van der Waals surface area contributed by atoms with Crippen molar-refractivity contribution in [2.75, 3.05) is 6.61 Å². The lowest BCUT2D eigenvalue weighted by Crippen LogP contribution is -2.20. The highest BCUT2D eigenvalue weighted by Crippen LogP contribution is 2.20. The van der Waals surface area contributed by atoms with Crippen LogP contribution in [0.4, 0.5) is 0 Å². The molecule has 8 nitrogen and oxygen atoms in total. The second-order valence-electron chi connectivity index (χ2n) is 7.39. The maximum atomic E-state index is 12.4. The highest BCUT2D eigenvalue weighted by molar-refractivity contribution is 5.98. The van der Waals surface area contributed by atoms with E-state index in [0.29, 0.717) is 23.5 Å². The van der Waals surface area contributed by atoms with Crippen LogP contribution in [0.25, 0.3) is 0 Å². The Hall–Kier alpha value is -4.33. The number of primary amides is 1. The van der Waals surface area contributed by atoms with Crippen molar-refractivity contribution >= 4 is 17.7 Å². The van der Waals surface area contributed by atoms with E-state index < -0.39 is 11.9 Å². The van der Waals surface area contributed by atoms with E-state index in [1.54, 1.807) is 42.5 Å². The van der Waals surface area contributed by atoms with E-state index in [9.17, 15) is 9.59 Å². The van der Waals surface area contributed by atoms with Crippen LogP contribution in [0.2, 0.25) is 0 Å². The van der Waals surface area contributed by atoms with Gasteiger partial charge in [-0.15, -0.1) is 0 Å². The summed E-state index contributed by atoms with van der Waals surface area (Å²) in [6.07, 6.45) is 0.